The molecule has 0 N–H and O–H groups in total. The molecule has 30 heavy (non-hydrogen) atoms. The van der Waals surface area contributed by atoms with Crippen molar-refractivity contribution in [1.82, 2.24) is 24.8 Å². The van der Waals surface area contributed by atoms with Crippen LogP contribution >= 0.6 is 0 Å². The van der Waals surface area contributed by atoms with Crippen molar-refractivity contribution < 1.29 is 18.3 Å². The summed E-state index contributed by atoms with van der Waals surface area (Å²) < 4.78 is 24.2. The van der Waals surface area contributed by atoms with Gasteiger partial charge in [-0.2, -0.15) is 10.1 Å². The minimum atomic E-state index is -1.95. The Morgan fingerprint density at radius 2 is 2.03 bits per heavy atom. The molecule has 3 aromatic rings. The van der Waals surface area contributed by atoms with Crippen molar-refractivity contribution in [1.29, 1.82) is 0 Å². The lowest BCUT2D eigenvalue weighted by molar-refractivity contribution is 0.121. The molecule has 11 heteroatoms. The number of fused-ring (bicyclic) bond motifs is 1. The van der Waals surface area contributed by atoms with E-state index in [1.165, 1.54) is 7.11 Å². The van der Waals surface area contributed by atoms with Crippen LogP contribution in [0.3, 0.4) is 0 Å². The van der Waals surface area contributed by atoms with E-state index in [4.69, 9.17) is 9.26 Å². The van der Waals surface area contributed by atoms with Gasteiger partial charge >= 0.3 is 6.09 Å². The number of piperazine rings is 1. The highest BCUT2D eigenvalue weighted by atomic mass is 32.2. The Morgan fingerprint density at radius 1 is 1.27 bits per heavy atom. The monoisotopic (exact) mass is 430 g/mol. The van der Waals surface area contributed by atoms with Crippen molar-refractivity contribution in [3.8, 4) is 11.5 Å². The van der Waals surface area contributed by atoms with Gasteiger partial charge in [-0.05, 0) is 32.7 Å². The van der Waals surface area contributed by atoms with Crippen LogP contribution in [0.4, 0.5) is 10.7 Å². The first-order valence-corrected chi connectivity index (χ1v) is 11.7. The lowest BCUT2D eigenvalue weighted by Crippen LogP contribution is -2.49. The molecular weight excluding hydrogens is 408 g/mol. The van der Waals surface area contributed by atoms with Gasteiger partial charge in [0.25, 0.3) is 11.8 Å². The number of carbonyl (C=O) groups excluding carboxylic acids is 1. The van der Waals surface area contributed by atoms with Gasteiger partial charge < -0.3 is 19.1 Å². The number of amides is 1. The summed E-state index contributed by atoms with van der Waals surface area (Å²) in [6.07, 6.45) is 1.48. The zero-order valence-electron chi connectivity index (χ0n) is 16.6. The van der Waals surface area contributed by atoms with Crippen molar-refractivity contribution in [2.24, 2.45) is 0 Å². The molecule has 0 bridgehead atoms. The standard InChI is InChI=1S/C19H22N6O4S/c1-28-19(26)24-7-5-23(6-8-24)18-21-17(29-22-18)13-3-4-14-10-20-25(16(14)9-13)15-11-30(2,27)12-15/h3-4,9-10,15H,2,5-8,11-12H2,1H3. The van der Waals surface area contributed by atoms with E-state index < -0.39 is 9.52 Å². The van der Waals surface area contributed by atoms with Crippen LogP contribution < -0.4 is 4.90 Å². The Hall–Kier alpha value is -3.08. The number of methoxy groups -OCH3 is 1. The van der Waals surface area contributed by atoms with Crippen LogP contribution in [-0.2, 0) is 14.3 Å². The van der Waals surface area contributed by atoms with Crippen LogP contribution in [0.2, 0.25) is 0 Å². The smallest absolute Gasteiger partial charge is 0.409 e. The number of carbonyl (C=O) groups is 1. The number of ether oxygens (including phenoxy) is 1. The fraction of sp³-hybridized carbons (Fsp3) is 0.421. The first kappa shape index (κ1) is 18.9. The van der Waals surface area contributed by atoms with E-state index in [1.54, 1.807) is 4.90 Å². The van der Waals surface area contributed by atoms with Crippen LogP contribution in [-0.4, -0.2) is 85.8 Å². The predicted octanol–water partition coefficient (Wildman–Crippen LogP) is 1.25. The summed E-state index contributed by atoms with van der Waals surface area (Å²) in [5.74, 6) is 5.79. The third-order valence-electron chi connectivity index (χ3n) is 5.59. The van der Waals surface area contributed by atoms with Gasteiger partial charge in [0.05, 0.1) is 24.9 Å². The molecule has 1 amide bonds. The second kappa shape index (κ2) is 7.01. The molecule has 0 unspecified atom stereocenters. The Labute approximate surface area is 173 Å². The van der Waals surface area contributed by atoms with Gasteiger partial charge in [0.2, 0.25) is 0 Å². The summed E-state index contributed by atoms with van der Waals surface area (Å²) in [4.78, 5) is 19.8. The number of nitrogens with zero attached hydrogens (tertiary/aromatic N) is 6. The highest BCUT2D eigenvalue weighted by molar-refractivity contribution is 8.01. The third-order valence-corrected chi connectivity index (χ3v) is 7.58. The maximum Gasteiger partial charge on any atom is 0.409 e. The normalized spacial score (nSPS) is 24.1. The molecule has 0 saturated carbocycles. The Kier molecular flexibility index (Phi) is 4.42. The van der Waals surface area contributed by atoms with E-state index in [-0.39, 0.29) is 12.1 Å². The van der Waals surface area contributed by atoms with Crippen molar-refractivity contribution in [2.45, 2.75) is 6.04 Å². The highest BCUT2D eigenvalue weighted by Crippen LogP contribution is 2.30. The molecule has 10 nitrogen and oxygen atoms in total. The average molecular weight is 430 g/mol. The molecule has 2 aliphatic heterocycles. The molecule has 2 fully saturated rings. The fourth-order valence-electron chi connectivity index (χ4n) is 3.94. The van der Waals surface area contributed by atoms with Gasteiger partial charge in [0.1, 0.15) is 0 Å². The predicted molar refractivity (Wildman–Crippen MR) is 113 cm³/mol. The van der Waals surface area contributed by atoms with E-state index >= 15 is 0 Å². The molecular formula is C19H22N6O4S. The molecule has 0 spiro atoms. The largest absolute Gasteiger partial charge is 0.453 e. The molecule has 1 aromatic carbocycles. The van der Waals surface area contributed by atoms with Crippen molar-refractivity contribution in [2.75, 3.05) is 49.7 Å². The molecule has 4 heterocycles. The van der Waals surface area contributed by atoms with Gasteiger partial charge in [0.15, 0.2) is 0 Å². The second-order valence-electron chi connectivity index (χ2n) is 7.66. The van der Waals surface area contributed by atoms with Gasteiger partial charge in [-0.25, -0.2) is 4.79 Å². The molecule has 2 aromatic heterocycles. The molecule has 5 rings (SSSR count). The van der Waals surface area contributed by atoms with E-state index in [9.17, 15) is 9.00 Å². The number of rotatable bonds is 3. The number of anilines is 1. The molecule has 2 aliphatic rings. The lowest BCUT2D eigenvalue weighted by atomic mass is 10.1. The minimum absolute atomic E-state index is 0.104. The number of aromatic nitrogens is 4. The minimum Gasteiger partial charge on any atom is -0.453 e. The van der Waals surface area contributed by atoms with E-state index in [0.29, 0.717) is 49.5 Å². The number of hydrogen-bond acceptors (Lipinski definition) is 8. The molecule has 158 valence electrons. The van der Waals surface area contributed by atoms with Crippen molar-refractivity contribution in [3.05, 3.63) is 24.4 Å². The van der Waals surface area contributed by atoms with E-state index in [1.807, 2.05) is 34.0 Å². The first-order chi connectivity index (χ1) is 14.4. The molecule has 0 atom stereocenters. The van der Waals surface area contributed by atoms with Crippen LogP contribution in [0.5, 0.6) is 0 Å². The first-order valence-electron chi connectivity index (χ1n) is 9.65. The number of hydrogen-bond donors (Lipinski definition) is 0. The van der Waals surface area contributed by atoms with Crippen molar-refractivity contribution >= 4 is 38.3 Å². The van der Waals surface area contributed by atoms with Crippen molar-refractivity contribution in [3.63, 3.8) is 0 Å². The lowest BCUT2D eigenvalue weighted by Gasteiger charge is -2.32. The summed E-state index contributed by atoms with van der Waals surface area (Å²) in [6, 6.07) is 5.96. The molecule has 2 saturated heterocycles. The van der Waals surface area contributed by atoms with E-state index in [2.05, 4.69) is 21.1 Å². The fourth-order valence-corrected chi connectivity index (χ4v) is 5.52. The van der Waals surface area contributed by atoms with Crippen LogP contribution in [0.15, 0.2) is 28.9 Å². The average Bonchev–Trinajstić information content (AvgIpc) is 3.38. The molecule has 0 aliphatic carbocycles. The zero-order chi connectivity index (χ0) is 20.9. The maximum atomic E-state index is 12.0. The van der Waals surface area contributed by atoms with Gasteiger partial charge in [-0.1, -0.05) is 6.07 Å². The van der Waals surface area contributed by atoms with E-state index in [0.717, 1.165) is 16.5 Å². The summed E-state index contributed by atoms with van der Waals surface area (Å²) >= 11 is 0. The third kappa shape index (κ3) is 3.28. The zero-order valence-corrected chi connectivity index (χ0v) is 17.4. The Balaban J connectivity index is 1.35. The highest BCUT2D eigenvalue weighted by Gasteiger charge is 2.31. The van der Waals surface area contributed by atoms with Gasteiger partial charge in [-0.15, -0.1) is 0 Å². The summed E-state index contributed by atoms with van der Waals surface area (Å²) in [7, 11) is -0.567. The quantitative estimate of drug-likeness (QED) is 0.572. The maximum absolute atomic E-state index is 12.0. The van der Waals surface area contributed by atoms with Crippen LogP contribution in [0.1, 0.15) is 6.04 Å². The molecule has 0 radical (unpaired) electrons. The van der Waals surface area contributed by atoms with Crippen LogP contribution in [0, 0.1) is 0 Å². The van der Waals surface area contributed by atoms with Gasteiger partial charge in [0, 0.05) is 48.6 Å². The Bertz CT molecular complexity index is 1200. The van der Waals surface area contributed by atoms with Gasteiger partial charge in [-0.3, -0.25) is 8.89 Å². The number of benzene rings is 1. The summed E-state index contributed by atoms with van der Waals surface area (Å²) in [5.41, 5.74) is 1.74. The summed E-state index contributed by atoms with van der Waals surface area (Å²) in [6.45, 7) is 2.29. The summed E-state index contributed by atoms with van der Waals surface area (Å²) in [5, 5.41) is 9.58. The Morgan fingerprint density at radius 3 is 2.73 bits per heavy atom. The topological polar surface area (TPSA) is 107 Å². The van der Waals surface area contributed by atoms with Crippen LogP contribution in [0.25, 0.3) is 22.4 Å². The second-order valence-corrected chi connectivity index (χ2v) is 10.3. The SMILES string of the molecule is C=S1(=O)CC(n2ncc3ccc(-c4nc(N5CCN(C(=O)OC)CC5)no4)cc32)C1.